The lowest BCUT2D eigenvalue weighted by atomic mass is 10.1. The van der Waals surface area contributed by atoms with E-state index >= 15 is 0 Å². The molecule has 0 bridgehead atoms. The number of anilines is 1. The fourth-order valence-corrected chi connectivity index (χ4v) is 3.32. The first-order valence-corrected chi connectivity index (χ1v) is 9.33. The largest absolute Gasteiger partial charge is 0.326 e. The van der Waals surface area contributed by atoms with Crippen molar-refractivity contribution in [3.8, 4) is 0 Å². The van der Waals surface area contributed by atoms with Crippen molar-refractivity contribution < 1.29 is 27.9 Å². The van der Waals surface area contributed by atoms with E-state index in [1.54, 1.807) is 4.72 Å². The van der Waals surface area contributed by atoms with Gasteiger partial charge < -0.3 is 5.32 Å². The summed E-state index contributed by atoms with van der Waals surface area (Å²) < 4.78 is 25.5. The monoisotopic (exact) mass is 422 g/mol. The number of carbonyl (C=O) groups excluding carboxylic acids is 2. The second-order valence-electron chi connectivity index (χ2n) is 5.74. The molecule has 0 heterocycles. The summed E-state index contributed by atoms with van der Waals surface area (Å²) in [6.07, 6.45) is -0.430. The maximum absolute atomic E-state index is 12.2. The predicted octanol–water partition coefficient (Wildman–Crippen LogP) is 1.51. The smallest absolute Gasteiger partial charge is 0.279 e. The van der Waals surface area contributed by atoms with Gasteiger partial charge in [-0.3, -0.25) is 29.8 Å². The van der Waals surface area contributed by atoms with Gasteiger partial charge in [-0.15, -0.1) is 0 Å². The molecule has 2 aromatic rings. The summed E-state index contributed by atoms with van der Waals surface area (Å²) in [5.74, 6) is -1.41. The van der Waals surface area contributed by atoms with Gasteiger partial charge in [-0.1, -0.05) is 0 Å². The number of amides is 2. The molecule has 29 heavy (non-hydrogen) atoms. The van der Waals surface area contributed by atoms with Gasteiger partial charge in [-0.05, 0) is 30.3 Å². The molecule has 152 valence electrons. The number of carbonyl (C=O) groups is 2. The molecule has 0 unspecified atom stereocenters. The average molecular weight is 422 g/mol. The minimum atomic E-state index is -4.02. The molecule has 0 radical (unpaired) electrons. The highest BCUT2D eigenvalue weighted by molar-refractivity contribution is 7.90. The van der Waals surface area contributed by atoms with Crippen LogP contribution >= 0.6 is 0 Å². The Labute approximate surface area is 163 Å². The lowest BCUT2D eigenvalue weighted by molar-refractivity contribution is -0.394. The van der Waals surface area contributed by atoms with Crippen LogP contribution in [0.15, 0.2) is 47.4 Å². The molecule has 0 spiro atoms. The molecule has 2 rings (SSSR count). The van der Waals surface area contributed by atoms with E-state index in [0.29, 0.717) is 0 Å². The highest BCUT2D eigenvalue weighted by atomic mass is 32.2. The number of nitrogens with zero attached hydrogens (tertiary/aromatic N) is 2. The minimum absolute atomic E-state index is 0.0250. The van der Waals surface area contributed by atoms with Crippen molar-refractivity contribution in [2.24, 2.45) is 0 Å². The normalized spacial score (nSPS) is 10.8. The first kappa shape index (κ1) is 21.4. The Morgan fingerprint density at radius 1 is 1.00 bits per heavy atom. The topological polar surface area (TPSA) is 179 Å². The summed E-state index contributed by atoms with van der Waals surface area (Å²) in [5, 5.41) is 24.3. The Morgan fingerprint density at radius 2 is 1.62 bits per heavy atom. The van der Waals surface area contributed by atoms with E-state index in [2.05, 4.69) is 5.32 Å². The zero-order valence-electron chi connectivity index (χ0n) is 14.8. The number of rotatable bonds is 7. The molecule has 12 nitrogen and oxygen atoms in total. The molecule has 0 saturated carbocycles. The van der Waals surface area contributed by atoms with Crippen LogP contribution in [-0.4, -0.2) is 30.1 Å². The van der Waals surface area contributed by atoms with Gasteiger partial charge in [0.05, 0.1) is 27.2 Å². The van der Waals surface area contributed by atoms with E-state index in [0.717, 1.165) is 37.3 Å². The van der Waals surface area contributed by atoms with E-state index in [9.17, 15) is 38.2 Å². The van der Waals surface area contributed by atoms with E-state index in [4.69, 9.17) is 0 Å². The zero-order chi connectivity index (χ0) is 21.8. The van der Waals surface area contributed by atoms with Gasteiger partial charge in [0.15, 0.2) is 0 Å². The molecule has 0 atom stereocenters. The molecule has 0 aliphatic rings. The van der Waals surface area contributed by atoms with Crippen LogP contribution in [0.3, 0.4) is 0 Å². The van der Waals surface area contributed by atoms with Crippen molar-refractivity contribution >= 4 is 38.9 Å². The minimum Gasteiger partial charge on any atom is -0.326 e. The number of non-ortho nitro benzene ring substituents is 1. The van der Waals surface area contributed by atoms with E-state index < -0.39 is 49.5 Å². The van der Waals surface area contributed by atoms with Crippen molar-refractivity contribution in [1.82, 2.24) is 4.72 Å². The van der Waals surface area contributed by atoms with Gasteiger partial charge >= 0.3 is 0 Å². The SMILES string of the molecule is CC(=O)NS(=O)(=O)c1ccc(NC(=O)Cc2ccc([N+](=O)[O-])cc2[N+](=O)[O-])cc1. The first-order chi connectivity index (χ1) is 13.5. The van der Waals surface area contributed by atoms with Gasteiger partial charge in [-0.25, -0.2) is 13.1 Å². The summed E-state index contributed by atoms with van der Waals surface area (Å²) in [5.41, 5.74) is -0.854. The molecule has 0 aliphatic carbocycles. The summed E-state index contributed by atoms with van der Waals surface area (Å²) in [6, 6.07) is 7.82. The third-order valence-electron chi connectivity index (χ3n) is 3.55. The van der Waals surface area contributed by atoms with Crippen LogP contribution in [0.2, 0.25) is 0 Å². The Balaban J connectivity index is 2.15. The maximum atomic E-state index is 12.2. The van der Waals surface area contributed by atoms with Crippen LogP contribution in [0.4, 0.5) is 17.1 Å². The Kier molecular flexibility index (Phi) is 6.23. The first-order valence-electron chi connectivity index (χ1n) is 7.84. The predicted molar refractivity (Wildman–Crippen MR) is 99.5 cm³/mol. The van der Waals surface area contributed by atoms with Gasteiger partial charge in [-0.2, -0.15) is 0 Å². The van der Waals surface area contributed by atoms with Crippen LogP contribution < -0.4 is 10.0 Å². The molecule has 2 N–H and O–H groups in total. The lowest BCUT2D eigenvalue weighted by Gasteiger charge is -2.08. The Hall–Kier alpha value is -3.87. The van der Waals surface area contributed by atoms with Crippen LogP contribution in [0, 0.1) is 20.2 Å². The zero-order valence-corrected chi connectivity index (χ0v) is 15.6. The van der Waals surface area contributed by atoms with Gasteiger partial charge in [0, 0.05) is 24.2 Å². The highest BCUT2D eigenvalue weighted by Crippen LogP contribution is 2.25. The second-order valence-corrected chi connectivity index (χ2v) is 7.42. The van der Waals surface area contributed by atoms with Crippen molar-refractivity contribution in [1.29, 1.82) is 0 Å². The van der Waals surface area contributed by atoms with Gasteiger partial charge in [0.25, 0.3) is 21.4 Å². The molecular formula is C16H14N4O8S. The third-order valence-corrected chi connectivity index (χ3v) is 5.00. The third kappa shape index (κ3) is 5.55. The number of nitro groups is 2. The molecule has 2 aromatic carbocycles. The van der Waals surface area contributed by atoms with Crippen molar-refractivity contribution in [2.75, 3.05) is 5.32 Å². The summed E-state index contributed by atoms with van der Waals surface area (Å²) in [7, 11) is -4.02. The van der Waals surface area contributed by atoms with E-state index in [-0.39, 0.29) is 16.1 Å². The van der Waals surface area contributed by atoms with Gasteiger partial charge in [0.1, 0.15) is 0 Å². The van der Waals surface area contributed by atoms with Gasteiger partial charge in [0.2, 0.25) is 11.8 Å². The van der Waals surface area contributed by atoms with E-state index in [1.807, 2.05) is 0 Å². The van der Waals surface area contributed by atoms with Crippen LogP contribution in [0.5, 0.6) is 0 Å². The maximum Gasteiger partial charge on any atom is 0.279 e. The average Bonchev–Trinajstić information content (AvgIpc) is 2.61. The molecular weight excluding hydrogens is 408 g/mol. The van der Waals surface area contributed by atoms with Crippen LogP contribution in [0.1, 0.15) is 12.5 Å². The molecule has 2 amide bonds. The number of hydrogen-bond acceptors (Lipinski definition) is 8. The molecule has 13 heteroatoms. The Bertz CT molecular complexity index is 1100. The molecule has 0 saturated heterocycles. The fourth-order valence-electron chi connectivity index (χ4n) is 2.33. The van der Waals surface area contributed by atoms with E-state index in [1.165, 1.54) is 12.1 Å². The van der Waals surface area contributed by atoms with Crippen molar-refractivity contribution in [3.63, 3.8) is 0 Å². The Morgan fingerprint density at radius 3 is 2.14 bits per heavy atom. The van der Waals surface area contributed by atoms with Crippen molar-refractivity contribution in [2.45, 2.75) is 18.2 Å². The number of benzene rings is 2. The van der Waals surface area contributed by atoms with Crippen LogP contribution in [0.25, 0.3) is 0 Å². The molecule has 0 fully saturated rings. The number of nitrogens with one attached hydrogen (secondary N) is 2. The quantitative estimate of drug-likeness (QED) is 0.497. The number of hydrogen-bond donors (Lipinski definition) is 2. The number of sulfonamides is 1. The molecule has 0 aliphatic heterocycles. The standard InChI is InChI=1S/C16H14N4O8S/c1-10(21)18-29(27,28)14-6-3-12(4-7-14)17-16(22)8-11-2-5-13(19(23)24)9-15(11)20(25)26/h2-7,9H,8H2,1H3,(H,17,22)(H,18,21). The number of nitro benzene ring substituents is 2. The summed E-state index contributed by atoms with van der Waals surface area (Å²) in [6.45, 7) is 1.05. The highest BCUT2D eigenvalue weighted by Gasteiger charge is 2.21. The molecule has 0 aromatic heterocycles. The lowest BCUT2D eigenvalue weighted by Crippen LogP contribution is -2.28. The second kappa shape index (κ2) is 8.43. The summed E-state index contributed by atoms with van der Waals surface area (Å²) in [4.78, 5) is 43.1. The van der Waals surface area contributed by atoms with Crippen molar-refractivity contribution in [3.05, 3.63) is 68.3 Å². The van der Waals surface area contributed by atoms with Crippen LogP contribution in [-0.2, 0) is 26.0 Å². The summed E-state index contributed by atoms with van der Waals surface area (Å²) >= 11 is 0. The fraction of sp³-hybridized carbons (Fsp3) is 0.125.